The Kier molecular flexibility index (Phi) is 45.3. The second kappa shape index (κ2) is 46.8. The lowest BCUT2D eigenvalue weighted by Gasteiger charge is -2.18. The lowest BCUT2D eigenvalue weighted by molar-refractivity contribution is -0.167. The SMILES string of the molecule is CCCCCCCCC/C=C\CCCCCCCC(=O)OCC(COC(=O)CCCCCCCCCCCC)OC(=O)CCCCCCCCCCCCCCC. The third-order valence-corrected chi connectivity index (χ3v) is 11.3. The zero-order valence-corrected chi connectivity index (χ0v) is 38.4. The Morgan fingerprint density at radius 2 is 0.579 bits per heavy atom. The number of ether oxygens (including phenoxy) is 3. The number of unbranched alkanes of at least 4 members (excludes halogenated alkanes) is 33. The first-order valence-corrected chi connectivity index (χ1v) is 25.2. The van der Waals surface area contributed by atoms with Crippen LogP contribution in [0.5, 0.6) is 0 Å². The number of hydrogen-bond donors (Lipinski definition) is 0. The topological polar surface area (TPSA) is 78.9 Å². The maximum Gasteiger partial charge on any atom is 0.306 e. The van der Waals surface area contributed by atoms with Gasteiger partial charge in [-0.15, -0.1) is 0 Å². The molecule has 0 rings (SSSR count). The molecule has 0 amide bonds. The highest BCUT2D eigenvalue weighted by Crippen LogP contribution is 2.16. The second-order valence-corrected chi connectivity index (χ2v) is 17.1. The molecule has 0 spiro atoms. The molecule has 336 valence electrons. The van der Waals surface area contributed by atoms with Crippen molar-refractivity contribution in [3.63, 3.8) is 0 Å². The Morgan fingerprint density at radius 1 is 0.333 bits per heavy atom. The van der Waals surface area contributed by atoms with E-state index >= 15 is 0 Å². The first kappa shape index (κ1) is 55.2. The molecule has 1 atom stereocenters. The molecule has 0 bridgehead atoms. The van der Waals surface area contributed by atoms with Crippen LogP contribution in [0.15, 0.2) is 12.2 Å². The summed E-state index contributed by atoms with van der Waals surface area (Å²) in [5.74, 6) is -0.864. The summed E-state index contributed by atoms with van der Waals surface area (Å²) in [5.41, 5.74) is 0. The zero-order chi connectivity index (χ0) is 41.5. The Bertz CT molecular complexity index is 885. The molecule has 0 fully saturated rings. The lowest BCUT2D eigenvalue weighted by Crippen LogP contribution is -2.30. The summed E-state index contributed by atoms with van der Waals surface area (Å²) >= 11 is 0. The Hall–Kier alpha value is -1.85. The van der Waals surface area contributed by atoms with E-state index in [0.717, 1.165) is 64.2 Å². The van der Waals surface area contributed by atoms with Gasteiger partial charge in [-0.3, -0.25) is 14.4 Å². The number of allylic oxidation sites excluding steroid dienone is 2. The van der Waals surface area contributed by atoms with Gasteiger partial charge in [0.25, 0.3) is 0 Å². The van der Waals surface area contributed by atoms with E-state index < -0.39 is 6.10 Å². The summed E-state index contributed by atoms with van der Waals surface area (Å²) in [7, 11) is 0. The van der Waals surface area contributed by atoms with Gasteiger partial charge in [-0.25, -0.2) is 0 Å². The molecule has 6 nitrogen and oxygen atoms in total. The van der Waals surface area contributed by atoms with E-state index in [1.165, 1.54) is 173 Å². The summed E-state index contributed by atoms with van der Waals surface area (Å²) in [6, 6.07) is 0. The van der Waals surface area contributed by atoms with Gasteiger partial charge >= 0.3 is 17.9 Å². The fraction of sp³-hybridized carbons (Fsp3) is 0.902. The molecule has 6 heteroatoms. The number of carbonyl (C=O) groups excluding carboxylic acids is 3. The largest absolute Gasteiger partial charge is 0.462 e. The van der Waals surface area contributed by atoms with E-state index in [1.54, 1.807) is 0 Å². The van der Waals surface area contributed by atoms with Gasteiger partial charge in [0, 0.05) is 19.3 Å². The van der Waals surface area contributed by atoms with Crippen LogP contribution in [0.2, 0.25) is 0 Å². The summed E-state index contributed by atoms with van der Waals surface area (Å²) in [5, 5.41) is 0. The number of hydrogen-bond acceptors (Lipinski definition) is 6. The van der Waals surface area contributed by atoms with Crippen LogP contribution < -0.4 is 0 Å². The first-order chi connectivity index (χ1) is 28.0. The van der Waals surface area contributed by atoms with E-state index in [4.69, 9.17) is 14.2 Å². The van der Waals surface area contributed by atoms with Gasteiger partial charge in [-0.1, -0.05) is 226 Å². The maximum atomic E-state index is 12.7. The molecule has 0 radical (unpaired) electrons. The average Bonchev–Trinajstić information content (AvgIpc) is 3.21. The van der Waals surface area contributed by atoms with E-state index in [9.17, 15) is 14.4 Å². The van der Waals surface area contributed by atoms with Crippen molar-refractivity contribution < 1.29 is 28.6 Å². The molecular weight excluding hydrogens is 709 g/mol. The molecule has 0 aromatic rings. The molecule has 0 aromatic heterocycles. The van der Waals surface area contributed by atoms with Crippen LogP contribution in [0, 0.1) is 0 Å². The predicted molar refractivity (Wildman–Crippen MR) is 243 cm³/mol. The number of carbonyl (C=O) groups is 3. The molecule has 0 aliphatic rings. The van der Waals surface area contributed by atoms with Gasteiger partial charge in [-0.05, 0) is 44.9 Å². The highest BCUT2D eigenvalue weighted by molar-refractivity contribution is 5.71. The van der Waals surface area contributed by atoms with E-state index in [1.807, 2.05) is 0 Å². The standard InChI is InChI=1S/C51H96O6/c1-4-7-10-13-16-19-22-24-25-26-28-29-32-35-38-41-44-50(53)56-47-48(46-55-49(52)43-40-37-34-31-21-18-15-12-9-6-3)57-51(54)45-42-39-36-33-30-27-23-20-17-14-11-8-5-2/h25-26,48H,4-24,27-47H2,1-3H3/b26-25-. The van der Waals surface area contributed by atoms with Crippen LogP contribution in [0.3, 0.4) is 0 Å². The monoisotopic (exact) mass is 805 g/mol. The van der Waals surface area contributed by atoms with E-state index in [-0.39, 0.29) is 31.1 Å². The molecule has 1 unspecified atom stereocenters. The molecule has 0 aliphatic heterocycles. The predicted octanol–water partition coefficient (Wildman–Crippen LogP) is 16.2. The second-order valence-electron chi connectivity index (χ2n) is 17.1. The van der Waals surface area contributed by atoms with Crippen LogP contribution >= 0.6 is 0 Å². The van der Waals surface area contributed by atoms with Gasteiger partial charge < -0.3 is 14.2 Å². The molecule has 0 heterocycles. The highest BCUT2D eigenvalue weighted by Gasteiger charge is 2.19. The Morgan fingerprint density at radius 3 is 0.877 bits per heavy atom. The minimum atomic E-state index is -0.765. The summed E-state index contributed by atoms with van der Waals surface area (Å²) < 4.78 is 16.8. The Balaban J connectivity index is 4.31. The van der Waals surface area contributed by atoms with E-state index in [0.29, 0.717) is 19.3 Å². The average molecular weight is 805 g/mol. The zero-order valence-electron chi connectivity index (χ0n) is 38.4. The summed E-state index contributed by atoms with van der Waals surface area (Å²) in [4.78, 5) is 37.8. The van der Waals surface area contributed by atoms with Crippen LogP contribution in [-0.4, -0.2) is 37.2 Å². The third kappa shape index (κ3) is 45.1. The number of esters is 3. The fourth-order valence-electron chi connectivity index (χ4n) is 7.44. The maximum absolute atomic E-state index is 12.7. The van der Waals surface area contributed by atoms with Gasteiger partial charge in [-0.2, -0.15) is 0 Å². The highest BCUT2D eigenvalue weighted by atomic mass is 16.6. The Labute approximate surface area is 354 Å². The van der Waals surface area contributed by atoms with Gasteiger partial charge in [0.1, 0.15) is 13.2 Å². The molecular formula is C51H96O6. The smallest absolute Gasteiger partial charge is 0.306 e. The van der Waals surface area contributed by atoms with Crippen molar-refractivity contribution in [3.8, 4) is 0 Å². The molecule has 0 aromatic carbocycles. The molecule has 0 saturated heterocycles. The quantitative estimate of drug-likeness (QED) is 0.0264. The molecule has 0 N–H and O–H groups in total. The van der Waals surface area contributed by atoms with Crippen molar-refractivity contribution in [2.45, 2.75) is 284 Å². The van der Waals surface area contributed by atoms with Crippen LogP contribution in [0.25, 0.3) is 0 Å². The van der Waals surface area contributed by atoms with Crippen molar-refractivity contribution in [3.05, 3.63) is 12.2 Å². The van der Waals surface area contributed by atoms with Gasteiger partial charge in [0.05, 0.1) is 0 Å². The van der Waals surface area contributed by atoms with Crippen molar-refractivity contribution >= 4 is 17.9 Å². The van der Waals surface area contributed by atoms with Crippen LogP contribution in [0.4, 0.5) is 0 Å². The van der Waals surface area contributed by atoms with Crippen LogP contribution in [-0.2, 0) is 28.6 Å². The minimum absolute atomic E-state index is 0.0677. The number of rotatable bonds is 46. The van der Waals surface area contributed by atoms with Crippen molar-refractivity contribution in [1.82, 2.24) is 0 Å². The third-order valence-electron chi connectivity index (χ3n) is 11.3. The molecule has 0 saturated carbocycles. The fourth-order valence-corrected chi connectivity index (χ4v) is 7.44. The minimum Gasteiger partial charge on any atom is -0.462 e. The normalized spacial score (nSPS) is 12.0. The van der Waals surface area contributed by atoms with Gasteiger partial charge in [0.2, 0.25) is 0 Å². The first-order valence-electron chi connectivity index (χ1n) is 25.2. The van der Waals surface area contributed by atoms with Crippen molar-refractivity contribution in [1.29, 1.82) is 0 Å². The van der Waals surface area contributed by atoms with Crippen molar-refractivity contribution in [2.24, 2.45) is 0 Å². The lowest BCUT2D eigenvalue weighted by atomic mass is 10.0. The van der Waals surface area contributed by atoms with Crippen LogP contribution in [0.1, 0.15) is 278 Å². The van der Waals surface area contributed by atoms with Crippen molar-refractivity contribution in [2.75, 3.05) is 13.2 Å². The van der Waals surface area contributed by atoms with Gasteiger partial charge in [0.15, 0.2) is 6.10 Å². The molecule has 0 aliphatic carbocycles. The van der Waals surface area contributed by atoms with E-state index in [2.05, 4.69) is 32.9 Å². The summed E-state index contributed by atoms with van der Waals surface area (Å²) in [6.45, 7) is 6.64. The molecule has 57 heavy (non-hydrogen) atoms. The summed E-state index contributed by atoms with van der Waals surface area (Å²) in [6.07, 6.45) is 50.5.